The first kappa shape index (κ1) is 68.1. The maximum absolute atomic E-state index is 14.3. The van der Waals surface area contributed by atoms with Crippen LogP contribution in [-0.2, 0) is 60.8 Å². The molecular weight excluding hydrogens is 1020 g/mol. The summed E-state index contributed by atoms with van der Waals surface area (Å²) >= 11 is 0. The number of aliphatic hydroxyl groups is 1. The zero-order valence-electron chi connectivity index (χ0n) is 46.7. The first-order chi connectivity index (χ1) is 37.3. The molecule has 1 aromatic heterocycles. The van der Waals surface area contributed by atoms with Gasteiger partial charge in [0.25, 0.3) is 0 Å². The highest BCUT2D eigenvalue weighted by Crippen LogP contribution is 2.14. The number of unbranched alkanes of at least 4 members (excludes halogenated alkanes) is 2. The van der Waals surface area contributed by atoms with Crippen LogP contribution in [0.2, 0.25) is 0 Å². The molecule has 2 rings (SSSR count). The molecule has 0 unspecified atom stereocenters. The third-order valence-corrected chi connectivity index (χ3v) is 12.7. The van der Waals surface area contributed by atoms with Gasteiger partial charge in [-0.25, -0.2) is 9.78 Å². The van der Waals surface area contributed by atoms with E-state index in [1.54, 1.807) is 58.0 Å². The molecular formula is C53H88N14O12. The predicted octanol–water partition coefficient (Wildman–Crippen LogP) is -1.86. The molecule has 26 nitrogen and oxygen atoms in total. The van der Waals surface area contributed by atoms with Crippen molar-refractivity contribution < 1.29 is 58.2 Å². The van der Waals surface area contributed by atoms with Crippen LogP contribution in [0.4, 0.5) is 0 Å². The number of aliphatic carboxylic acids is 1. The topological polar surface area (TPSA) is 440 Å². The van der Waals surface area contributed by atoms with Gasteiger partial charge in [-0.3, -0.25) is 43.2 Å². The molecule has 0 aliphatic heterocycles. The van der Waals surface area contributed by atoms with Crippen molar-refractivity contribution in [1.29, 1.82) is 0 Å². The Morgan fingerprint density at radius 1 is 0.544 bits per heavy atom. The van der Waals surface area contributed by atoms with Gasteiger partial charge in [-0.15, -0.1) is 0 Å². The summed E-state index contributed by atoms with van der Waals surface area (Å²) in [5, 5.41) is 41.5. The van der Waals surface area contributed by atoms with Gasteiger partial charge in [0.2, 0.25) is 53.2 Å². The summed E-state index contributed by atoms with van der Waals surface area (Å²) in [5.74, 6) is -9.81. The summed E-state index contributed by atoms with van der Waals surface area (Å²) < 4.78 is 0. The summed E-state index contributed by atoms with van der Waals surface area (Å²) in [7, 11) is 0. The maximum Gasteiger partial charge on any atom is 0.326 e. The number of hydrogen-bond acceptors (Lipinski definition) is 15. The number of carbonyl (C=O) groups is 10. The molecule has 10 atom stereocenters. The Morgan fingerprint density at radius 3 is 1.47 bits per heavy atom. The molecule has 0 bridgehead atoms. The molecule has 442 valence electrons. The van der Waals surface area contributed by atoms with Gasteiger partial charge in [0.15, 0.2) is 0 Å². The standard InChI is InChI=1S/C53H88N14O12/c1-29(2)23-38(62-46(71)36(18-12-14-22-55)60-45(70)35(56)17-11-13-21-54)48(73)63-39(24-30(3)4)50(75)67-44(32(7)68)52(77)61-37(19-20-42(57)69)47(72)65-41(26-34-27-58-28-59-34)49(74)64-40(25-33-15-9-8-10-16-33)51(76)66-43(31(5)6)53(78)79/h8-10,15-16,27-32,35-41,43-44,68H,11-14,17-26,54-56H2,1-7H3,(H2,57,69)(H,58,59)(H,60,70)(H,61,77)(H,62,71)(H,63,73)(H,64,74)(H,65,72)(H,66,76)(H,67,75)(H,78,79)/t32-,35+,36+,37+,38+,39+,40+,41+,43+,44+/m1/s1. The molecule has 0 saturated carbocycles. The molecule has 1 heterocycles. The second-order valence-electron chi connectivity index (χ2n) is 21.1. The van der Waals surface area contributed by atoms with E-state index in [1.807, 2.05) is 13.8 Å². The van der Waals surface area contributed by atoms with Crippen molar-refractivity contribution in [1.82, 2.24) is 52.5 Å². The number of rotatable bonds is 38. The minimum atomic E-state index is -1.78. The first-order valence-electron chi connectivity index (χ1n) is 27.1. The van der Waals surface area contributed by atoms with Crippen LogP contribution in [0.25, 0.3) is 0 Å². The molecule has 26 heteroatoms. The number of H-pyrrole nitrogens is 1. The lowest BCUT2D eigenvalue weighted by Crippen LogP contribution is -2.62. The van der Waals surface area contributed by atoms with Crippen molar-refractivity contribution in [3.05, 3.63) is 54.1 Å². The third kappa shape index (κ3) is 25.5. The summed E-state index contributed by atoms with van der Waals surface area (Å²) in [6.07, 6.45) is 2.82. The number of hydrogen-bond donors (Lipinski definition) is 15. The number of carboxylic acid groups (broad SMARTS) is 1. The van der Waals surface area contributed by atoms with Crippen molar-refractivity contribution in [2.75, 3.05) is 13.1 Å². The Hall–Kier alpha value is -7.03. The summed E-state index contributed by atoms with van der Waals surface area (Å²) in [6, 6.07) is -3.54. The predicted molar refractivity (Wildman–Crippen MR) is 293 cm³/mol. The summed E-state index contributed by atoms with van der Waals surface area (Å²) in [4.78, 5) is 143. The van der Waals surface area contributed by atoms with Crippen LogP contribution in [0, 0.1) is 17.8 Å². The first-order valence-corrected chi connectivity index (χ1v) is 27.1. The van der Waals surface area contributed by atoms with Crippen LogP contribution >= 0.6 is 0 Å². The molecule has 9 amide bonds. The second kappa shape index (κ2) is 35.5. The average molecular weight is 1110 g/mol. The number of nitrogens with zero attached hydrogens (tertiary/aromatic N) is 1. The third-order valence-electron chi connectivity index (χ3n) is 12.7. The molecule has 1 aromatic carbocycles. The highest BCUT2D eigenvalue weighted by Gasteiger charge is 2.37. The van der Waals surface area contributed by atoms with Gasteiger partial charge in [-0.05, 0) is 94.7 Å². The number of imidazole rings is 1. The van der Waals surface area contributed by atoms with E-state index in [9.17, 15) is 58.2 Å². The Labute approximate surface area is 462 Å². The maximum atomic E-state index is 14.3. The number of benzene rings is 1. The number of aliphatic hydroxyl groups excluding tert-OH is 1. The van der Waals surface area contributed by atoms with Gasteiger partial charge in [0.1, 0.15) is 48.3 Å². The molecule has 79 heavy (non-hydrogen) atoms. The fraction of sp³-hybridized carbons (Fsp3) is 0.642. The van der Waals surface area contributed by atoms with E-state index in [2.05, 4.69) is 52.5 Å². The number of primary amides is 1. The molecule has 0 aliphatic carbocycles. The van der Waals surface area contributed by atoms with Gasteiger partial charge in [0, 0.05) is 31.2 Å². The van der Waals surface area contributed by atoms with Crippen molar-refractivity contribution in [2.24, 2.45) is 40.7 Å². The van der Waals surface area contributed by atoms with Crippen LogP contribution in [0.3, 0.4) is 0 Å². The van der Waals surface area contributed by atoms with Crippen LogP contribution in [-0.4, -0.2) is 153 Å². The lowest BCUT2D eigenvalue weighted by Gasteiger charge is -2.29. The van der Waals surface area contributed by atoms with Crippen molar-refractivity contribution in [3.63, 3.8) is 0 Å². The van der Waals surface area contributed by atoms with Gasteiger partial charge in [-0.2, -0.15) is 0 Å². The second-order valence-corrected chi connectivity index (χ2v) is 21.1. The minimum Gasteiger partial charge on any atom is -0.480 e. The van der Waals surface area contributed by atoms with E-state index in [-0.39, 0.29) is 43.9 Å². The zero-order valence-corrected chi connectivity index (χ0v) is 46.7. The molecule has 2 aromatic rings. The van der Waals surface area contributed by atoms with Crippen LogP contribution < -0.4 is 65.5 Å². The molecule has 0 radical (unpaired) electrons. The smallest absolute Gasteiger partial charge is 0.326 e. The quantitative estimate of drug-likeness (QED) is 0.0328. The van der Waals surface area contributed by atoms with Crippen molar-refractivity contribution in [2.45, 2.75) is 186 Å². The molecule has 0 saturated heterocycles. The Bertz CT molecular complexity index is 2270. The van der Waals surface area contributed by atoms with Gasteiger partial charge < -0.3 is 80.7 Å². The number of carbonyl (C=O) groups excluding carboxylic acids is 9. The van der Waals surface area contributed by atoms with Crippen LogP contribution in [0.1, 0.15) is 124 Å². The summed E-state index contributed by atoms with van der Waals surface area (Å²) in [5.41, 5.74) is 23.8. The van der Waals surface area contributed by atoms with Crippen molar-refractivity contribution >= 4 is 59.1 Å². The van der Waals surface area contributed by atoms with E-state index in [4.69, 9.17) is 22.9 Å². The highest BCUT2D eigenvalue weighted by molar-refractivity contribution is 5.98. The van der Waals surface area contributed by atoms with Crippen LogP contribution in [0.15, 0.2) is 42.9 Å². The number of carboxylic acids is 1. The van der Waals surface area contributed by atoms with Gasteiger partial charge in [-0.1, -0.05) is 78.3 Å². The molecule has 19 N–H and O–H groups in total. The minimum absolute atomic E-state index is 0.0169. The van der Waals surface area contributed by atoms with E-state index in [0.717, 1.165) is 0 Å². The number of aromatic nitrogens is 2. The zero-order chi connectivity index (χ0) is 59.4. The number of nitrogens with one attached hydrogen (secondary N) is 9. The summed E-state index contributed by atoms with van der Waals surface area (Å²) in [6.45, 7) is 12.3. The van der Waals surface area contributed by atoms with E-state index >= 15 is 0 Å². The van der Waals surface area contributed by atoms with Gasteiger partial charge >= 0.3 is 5.97 Å². The average Bonchev–Trinajstić information content (AvgIpc) is 3.90. The number of aromatic amines is 1. The van der Waals surface area contributed by atoms with E-state index in [1.165, 1.54) is 19.4 Å². The highest BCUT2D eigenvalue weighted by atomic mass is 16.4. The fourth-order valence-electron chi connectivity index (χ4n) is 8.30. The van der Waals surface area contributed by atoms with E-state index < -0.39 is 138 Å². The normalized spacial score (nSPS) is 15.2. The van der Waals surface area contributed by atoms with Crippen molar-refractivity contribution in [3.8, 4) is 0 Å². The molecule has 0 fully saturated rings. The Morgan fingerprint density at radius 2 is 0.987 bits per heavy atom. The fourth-order valence-corrected chi connectivity index (χ4v) is 8.30. The number of amides is 9. The number of nitrogens with two attached hydrogens (primary N) is 4. The lowest BCUT2D eigenvalue weighted by molar-refractivity contribution is -0.143. The van der Waals surface area contributed by atoms with E-state index in [0.29, 0.717) is 56.5 Å². The largest absolute Gasteiger partial charge is 0.480 e. The monoisotopic (exact) mass is 1110 g/mol. The lowest BCUT2D eigenvalue weighted by atomic mass is 9.99. The Balaban J connectivity index is 2.44. The molecule has 0 spiro atoms. The Kier molecular flexibility index (Phi) is 30.6. The SMILES string of the molecule is CC(C)C[C@H](NC(=O)[C@H](CCCCN)NC(=O)[C@@H](N)CCCCN)C(=O)N[C@@H](CC(C)C)C(=O)N[C@H](C(=O)N[C@@H](CCC(N)=O)C(=O)N[C@@H](Cc1cnc[nH]1)C(=O)N[C@@H](Cc1ccccc1)C(=O)N[C@H](C(=O)O)C(C)C)[C@@H](C)O. The van der Waals surface area contributed by atoms with Gasteiger partial charge in [0.05, 0.1) is 18.5 Å². The molecule has 0 aliphatic rings. The van der Waals surface area contributed by atoms with Crippen LogP contribution in [0.5, 0.6) is 0 Å².